The van der Waals surface area contributed by atoms with Gasteiger partial charge in [-0.05, 0) is 11.8 Å². The van der Waals surface area contributed by atoms with Crippen molar-refractivity contribution in [1.82, 2.24) is 0 Å². The van der Waals surface area contributed by atoms with Crippen LogP contribution in [0.4, 0.5) is 0 Å². The lowest BCUT2D eigenvalue weighted by molar-refractivity contribution is 0.472. The van der Waals surface area contributed by atoms with Crippen LogP contribution in [0.3, 0.4) is 0 Å². The summed E-state index contributed by atoms with van der Waals surface area (Å²) in [6, 6.07) is 0.231. The van der Waals surface area contributed by atoms with Gasteiger partial charge in [0.25, 0.3) is 0 Å². The van der Waals surface area contributed by atoms with E-state index in [1.807, 2.05) is 0 Å². The normalized spacial score (nSPS) is 25.1. The second-order valence-electron chi connectivity index (χ2n) is 4.19. The minimum atomic E-state index is 0.231. The zero-order chi connectivity index (χ0) is 8.48. The van der Waals surface area contributed by atoms with Crippen LogP contribution in [0.2, 0.25) is 0 Å². The molecule has 11 heavy (non-hydrogen) atoms. The molecule has 1 heteroatoms. The summed E-state index contributed by atoms with van der Waals surface area (Å²) in [6.45, 7) is 6.68. The Morgan fingerprint density at radius 2 is 2.09 bits per heavy atom. The number of hydrogen-bond acceptors (Lipinski definition) is 1. The average molecular weight is 151 g/mol. The summed E-state index contributed by atoms with van der Waals surface area (Å²) in [5.74, 6) is 0. The largest absolute Gasteiger partial charge is 0.324 e. The molecule has 1 atom stereocenters. The summed E-state index contributed by atoms with van der Waals surface area (Å²) in [5, 5.41) is 0. The van der Waals surface area contributed by atoms with Gasteiger partial charge in [0.15, 0.2) is 0 Å². The summed E-state index contributed by atoms with van der Waals surface area (Å²) in [5.41, 5.74) is 7.53. The SMILES string of the molecule is CC(C)(C)C1=CC=CC(N)C1. The molecule has 0 saturated carbocycles. The lowest BCUT2D eigenvalue weighted by Crippen LogP contribution is -2.23. The van der Waals surface area contributed by atoms with Crippen LogP contribution < -0.4 is 5.73 Å². The first-order chi connectivity index (χ1) is 5.00. The highest BCUT2D eigenvalue weighted by atomic mass is 14.6. The highest BCUT2D eigenvalue weighted by molar-refractivity contribution is 5.25. The van der Waals surface area contributed by atoms with Crippen LogP contribution in [0.1, 0.15) is 27.2 Å². The molecule has 1 nitrogen and oxygen atoms in total. The van der Waals surface area contributed by atoms with Gasteiger partial charge < -0.3 is 5.73 Å². The number of allylic oxidation sites excluding steroid dienone is 2. The summed E-state index contributed by atoms with van der Waals surface area (Å²) in [6.07, 6.45) is 7.31. The molecule has 1 aliphatic rings. The fraction of sp³-hybridized carbons (Fsp3) is 0.600. The molecule has 0 aromatic rings. The molecule has 0 aromatic carbocycles. The molecule has 0 fully saturated rings. The first kappa shape index (κ1) is 8.54. The Hall–Kier alpha value is -0.560. The van der Waals surface area contributed by atoms with E-state index in [2.05, 4.69) is 39.0 Å². The average Bonchev–Trinajstić information content (AvgIpc) is 1.86. The van der Waals surface area contributed by atoms with E-state index in [1.54, 1.807) is 0 Å². The number of hydrogen-bond donors (Lipinski definition) is 1. The van der Waals surface area contributed by atoms with Crippen molar-refractivity contribution in [2.24, 2.45) is 11.1 Å². The maximum Gasteiger partial charge on any atom is 0.0264 e. The van der Waals surface area contributed by atoms with Crippen LogP contribution in [0.25, 0.3) is 0 Å². The Labute approximate surface area is 69.0 Å². The highest BCUT2D eigenvalue weighted by Crippen LogP contribution is 2.30. The van der Waals surface area contributed by atoms with Crippen LogP contribution in [-0.2, 0) is 0 Å². The number of nitrogens with two attached hydrogens (primary N) is 1. The molecule has 1 unspecified atom stereocenters. The first-order valence-corrected chi connectivity index (χ1v) is 4.13. The van der Waals surface area contributed by atoms with Gasteiger partial charge in [-0.25, -0.2) is 0 Å². The van der Waals surface area contributed by atoms with Crippen molar-refractivity contribution in [1.29, 1.82) is 0 Å². The Morgan fingerprint density at radius 3 is 2.45 bits per heavy atom. The van der Waals surface area contributed by atoms with E-state index in [-0.39, 0.29) is 11.5 Å². The van der Waals surface area contributed by atoms with Gasteiger partial charge >= 0.3 is 0 Å². The molecule has 1 rings (SSSR count). The van der Waals surface area contributed by atoms with E-state index in [1.165, 1.54) is 5.57 Å². The molecule has 62 valence electrons. The molecule has 2 N–H and O–H groups in total. The smallest absolute Gasteiger partial charge is 0.0264 e. The Morgan fingerprint density at radius 1 is 1.45 bits per heavy atom. The van der Waals surface area contributed by atoms with Gasteiger partial charge in [-0.3, -0.25) is 0 Å². The minimum Gasteiger partial charge on any atom is -0.324 e. The first-order valence-electron chi connectivity index (χ1n) is 4.13. The zero-order valence-corrected chi connectivity index (χ0v) is 7.59. The van der Waals surface area contributed by atoms with Gasteiger partial charge in [-0.1, -0.05) is 44.6 Å². The van der Waals surface area contributed by atoms with Gasteiger partial charge in [0.05, 0.1) is 0 Å². The number of rotatable bonds is 0. The zero-order valence-electron chi connectivity index (χ0n) is 7.59. The molecule has 0 radical (unpaired) electrons. The maximum absolute atomic E-state index is 5.79. The molecule has 0 bridgehead atoms. The fourth-order valence-electron chi connectivity index (χ4n) is 1.26. The van der Waals surface area contributed by atoms with Crippen LogP contribution in [0.5, 0.6) is 0 Å². The molecule has 0 aliphatic heterocycles. The third-order valence-corrected chi connectivity index (χ3v) is 2.07. The van der Waals surface area contributed by atoms with Crippen LogP contribution in [0.15, 0.2) is 23.8 Å². The van der Waals surface area contributed by atoms with Crippen molar-refractivity contribution in [3.05, 3.63) is 23.8 Å². The standard InChI is InChI=1S/C10H17N/c1-10(2,3)8-5-4-6-9(11)7-8/h4-6,9H,7,11H2,1-3H3. The third-order valence-electron chi connectivity index (χ3n) is 2.07. The fourth-order valence-corrected chi connectivity index (χ4v) is 1.26. The van der Waals surface area contributed by atoms with E-state index in [4.69, 9.17) is 5.73 Å². The van der Waals surface area contributed by atoms with Gasteiger partial charge in [-0.15, -0.1) is 0 Å². The van der Waals surface area contributed by atoms with Crippen molar-refractivity contribution < 1.29 is 0 Å². The van der Waals surface area contributed by atoms with E-state index >= 15 is 0 Å². The van der Waals surface area contributed by atoms with Crippen molar-refractivity contribution >= 4 is 0 Å². The molecule has 0 amide bonds. The highest BCUT2D eigenvalue weighted by Gasteiger charge is 2.19. The summed E-state index contributed by atoms with van der Waals surface area (Å²) >= 11 is 0. The Bertz CT molecular complexity index is 193. The maximum atomic E-state index is 5.79. The van der Waals surface area contributed by atoms with E-state index < -0.39 is 0 Å². The van der Waals surface area contributed by atoms with E-state index in [0.29, 0.717) is 0 Å². The van der Waals surface area contributed by atoms with Gasteiger partial charge in [0, 0.05) is 6.04 Å². The van der Waals surface area contributed by atoms with Gasteiger partial charge in [0.2, 0.25) is 0 Å². The van der Waals surface area contributed by atoms with Crippen molar-refractivity contribution in [2.45, 2.75) is 33.2 Å². The van der Waals surface area contributed by atoms with E-state index in [0.717, 1.165) is 6.42 Å². The quantitative estimate of drug-likeness (QED) is 0.564. The molecule has 0 aromatic heterocycles. The minimum absolute atomic E-state index is 0.231. The lowest BCUT2D eigenvalue weighted by atomic mass is 9.81. The molecule has 0 saturated heterocycles. The van der Waals surface area contributed by atoms with Crippen molar-refractivity contribution in [2.75, 3.05) is 0 Å². The predicted octanol–water partition coefficient (Wildman–Crippen LogP) is 2.25. The second kappa shape index (κ2) is 2.82. The summed E-state index contributed by atoms with van der Waals surface area (Å²) < 4.78 is 0. The second-order valence-corrected chi connectivity index (χ2v) is 4.19. The Kier molecular flexibility index (Phi) is 2.19. The Balaban J connectivity index is 2.75. The van der Waals surface area contributed by atoms with Gasteiger partial charge in [0.1, 0.15) is 0 Å². The lowest BCUT2D eigenvalue weighted by Gasteiger charge is -2.26. The van der Waals surface area contributed by atoms with Crippen molar-refractivity contribution in [3.63, 3.8) is 0 Å². The molecular weight excluding hydrogens is 134 g/mol. The third kappa shape index (κ3) is 2.19. The van der Waals surface area contributed by atoms with Gasteiger partial charge in [-0.2, -0.15) is 0 Å². The predicted molar refractivity (Wildman–Crippen MR) is 49.3 cm³/mol. The molecular formula is C10H17N. The summed E-state index contributed by atoms with van der Waals surface area (Å²) in [7, 11) is 0. The van der Waals surface area contributed by atoms with Crippen LogP contribution in [-0.4, -0.2) is 6.04 Å². The monoisotopic (exact) mass is 151 g/mol. The van der Waals surface area contributed by atoms with Crippen LogP contribution >= 0.6 is 0 Å². The van der Waals surface area contributed by atoms with Crippen molar-refractivity contribution in [3.8, 4) is 0 Å². The summed E-state index contributed by atoms with van der Waals surface area (Å²) in [4.78, 5) is 0. The van der Waals surface area contributed by atoms with E-state index in [9.17, 15) is 0 Å². The van der Waals surface area contributed by atoms with Crippen LogP contribution in [0, 0.1) is 5.41 Å². The molecule has 0 spiro atoms. The molecule has 0 heterocycles. The molecule has 1 aliphatic carbocycles. The topological polar surface area (TPSA) is 26.0 Å².